The molecule has 1 heterocycles. The molecule has 0 aliphatic carbocycles. The van der Waals surface area contributed by atoms with Crippen LogP contribution in [0.3, 0.4) is 0 Å². The standard InChI is InChI=1S/C8H13Br2N3O2S/c1-6-11-3-7(12-6)16(14,15)13-8(2,4-9)5-10/h3,13H,4-5H2,1-2H3,(H,11,12). The molecule has 0 unspecified atom stereocenters. The van der Waals surface area contributed by atoms with Gasteiger partial charge in [0.1, 0.15) is 5.82 Å². The minimum absolute atomic E-state index is 0.0816. The Morgan fingerprint density at radius 1 is 1.50 bits per heavy atom. The average molecular weight is 375 g/mol. The molecule has 2 N–H and O–H groups in total. The summed E-state index contributed by atoms with van der Waals surface area (Å²) in [5, 5.41) is 1.10. The van der Waals surface area contributed by atoms with Crippen LogP contribution < -0.4 is 4.72 Å². The van der Waals surface area contributed by atoms with Crippen molar-refractivity contribution in [3.63, 3.8) is 0 Å². The van der Waals surface area contributed by atoms with Gasteiger partial charge in [0.25, 0.3) is 10.0 Å². The Labute approximate surface area is 112 Å². The molecule has 8 heteroatoms. The largest absolute Gasteiger partial charge is 0.332 e. The first-order chi connectivity index (χ1) is 7.33. The van der Waals surface area contributed by atoms with E-state index in [1.54, 1.807) is 13.8 Å². The van der Waals surface area contributed by atoms with Gasteiger partial charge in [0, 0.05) is 16.2 Å². The normalized spacial score (nSPS) is 13.0. The van der Waals surface area contributed by atoms with Gasteiger partial charge >= 0.3 is 0 Å². The van der Waals surface area contributed by atoms with Crippen LogP contribution in [-0.2, 0) is 10.0 Å². The smallest absolute Gasteiger partial charge is 0.258 e. The molecular weight excluding hydrogens is 362 g/mol. The number of hydrogen-bond acceptors (Lipinski definition) is 3. The molecule has 16 heavy (non-hydrogen) atoms. The summed E-state index contributed by atoms with van der Waals surface area (Å²) in [5.41, 5.74) is -0.572. The summed E-state index contributed by atoms with van der Waals surface area (Å²) in [7, 11) is -3.55. The number of alkyl halides is 2. The van der Waals surface area contributed by atoms with Gasteiger partial charge in [0.15, 0.2) is 5.03 Å². The maximum atomic E-state index is 12.0. The number of rotatable bonds is 5. The third kappa shape index (κ3) is 3.28. The SMILES string of the molecule is Cc1ncc(S(=O)(=O)NC(C)(CBr)CBr)[nH]1. The lowest BCUT2D eigenvalue weighted by atomic mass is 10.1. The summed E-state index contributed by atoms with van der Waals surface area (Å²) in [6, 6.07) is 0. The van der Waals surface area contributed by atoms with Gasteiger partial charge in [0.05, 0.1) is 6.20 Å². The molecule has 0 atom stereocenters. The number of hydrogen-bond donors (Lipinski definition) is 2. The molecular formula is C8H13Br2N3O2S. The van der Waals surface area contributed by atoms with E-state index in [4.69, 9.17) is 0 Å². The third-order valence-corrected chi connectivity index (χ3v) is 5.96. The van der Waals surface area contributed by atoms with Crippen molar-refractivity contribution in [1.82, 2.24) is 14.7 Å². The average Bonchev–Trinajstić information content (AvgIpc) is 2.65. The van der Waals surface area contributed by atoms with Crippen LogP contribution in [0.15, 0.2) is 11.2 Å². The number of nitrogens with one attached hydrogen (secondary N) is 2. The Balaban J connectivity index is 2.96. The molecule has 0 spiro atoms. The number of H-pyrrole nitrogens is 1. The van der Waals surface area contributed by atoms with E-state index in [-0.39, 0.29) is 5.03 Å². The summed E-state index contributed by atoms with van der Waals surface area (Å²) in [6.07, 6.45) is 1.31. The predicted octanol–water partition coefficient (Wildman–Crippen LogP) is 1.54. The minimum atomic E-state index is -3.55. The topological polar surface area (TPSA) is 74.8 Å². The van der Waals surface area contributed by atoms with E-state index < -0.39 is 15.6 Å². The third-order valence-electron chi connectivity index (χ3n) is 1.94. The lowest BCUT2D eigenvalue weighted by Gasteiger charge is -2.25. The highest BCUT2D eigenvalue weighted by atomic mass is 79.9. The van der Waals surface area contributed by atoms with Crippen molar-refractivity contribution in [3.8, 4) is 0 Å². The van der Waals surface area contributed by atoms with Gasteiger partial charge in [0.2, 0.25) is 0 Å². The molecule has 1 aromatic rings. The monoisotopic (exact) mass is 373 g/mol. The van der Waals surface area contributed by atoms with E-state index >= 15 is 0 Å². The summed E-state index contributed by atoms with van der Waals surface area (Å²) < 4.78 is 26.5. The summed E-state index contributed by atoms with van der Waals surface area (Å²) in [5.74, 6) is 0.569. The fourth-order valence-electron chi connectivity index (χ4n) is 1.00. The van der Waals surface area contributed by atoms with E-state index in [1.807, 2.05) is 0 Å². The van der Waals surface area contributed by atoms with Crippen LogP contribution in [0.1, 0.15) is 12.7 Å². The van der Waals surface area contributed by atoms with Crippen LogP contribution in [0.5, 0.6) is 0 Å². The zero-order chi connectivity index (χ0) is 12.4. The van der Waals surface area contributed by atoms with E-state index in [0.29, 0.717) is 16.5 Å². The summed E-state index contributed by atoms with van der Waals surface area (Å²) >= 11 is 6.56. The van der Waals surface area contributed by atoms with Gasteiger partial charge in [-0.15, -0.1) is 0 Å². The van der Waals surface area contributed by atoms with Gasteiger partial charge in [-0.2, -0.15) is 0 Å². The van der Waals surface area contributed by atoms with Crippen molar-refractivity contribution in [3.05, 3.63) is 12.0 Å². The maximum absolute atomic E-state index is 12.0. The number of nitrogens with zero attached hydrogens (tertiary/aromatic N) is 1. The number of halogens is 2. The summed E-state index contributed by atoms with van der Waals surface area (Å²) in [4.78, 5) is 6.56. The number of aryl methyl sites for hydroxylation is 1. The zero-order valence-electron chi connectivity index (χ0n) is 8.92. The number of imidazole rings is 1. The number of aromatic amines is 1. The minimum Gasteiger partial charge on any atom is -0.332 e. The van der Waals surface area contributed by atoms with Crippen molar-refractivity contribution in [1.29, 1.82) is 0 Å². The molecule has 0 fully saturated rings. The van der Waals surface area contributed by atoms with Crippen molar-refractivity contribution >= 4 is 41.9 Å². The number of sulfonamides is 1. The van der Waals surface area contributed by atoms with Crippen LogP contribution >= 0.6 is 31.9 Å². The highest BCUT2D eigenvalue weighted by Crippen LogP contribution is 2.16. The lowest BCUT2D eigenvalue weighted by molar-refractivity contribution is 0.507. The van der Waals surface area contributed by atoms with Gasteiger partial charge in [-0.25, -0.2) is 18.1 Å². The first-order valence-electron chi connectivity index (χ1n) is 4.50. The molecule has 0 aromatic carbocycles. The Bertz CT molecular complexity index is 454. The Morgan fingerprint density at radius 3 is 2.44 bits per heavy atom. The zero-order valence-corrected chi connectivity index (χ0v) is 12.9. The molecule has 0 aliphatic heterocycles. The van der Waals surface area contributed by atoms with Crippen LogP contribution in [0.4, 0.5) is 0 Å². The van der Waals surface area contributed by atoms with E-state index in [1.165, 1.54) is 6.20 Å². The van der Waals surface area contributed by atoms with Crippen molar-refractivity contribution in [2.75, 3.05) is 10.7 Å². The number of aromatic nitrogens is 2. The van der Waals surface area contributed by atoms with Crippen molar-refractivity contribution in [2.45, 2.75) is 24.4 Å². The van der Waals surface area contributed by atoms with Crippen molar-refractivity contribution in [2.24, 2.45) is 0 Å². The second-order valence-electron chi connectivity index (χ2n) is 3.77. The molecule has 1 rings (SSSR count). The van der Waals surface area contributed by atoms with E-state index in [2.05, 4.69) is 46.5 Å². The molecule has 0 aliphatic rings. The molecule has 0 radical (unpaired) electrons. The Kier molecular flexibility index (Phi) is 4.56. The molecule has 0 saturated heterocycles. The molecule has 5 nitrogen and oxygen atoms in total. The maximum Gasteiger partial charge on any atom is 0.258 e. The molecule has 0 amide bonds. The first kappa shape index (κ1) is 14.1. The predicted molar refractivity (Wildman–Crippen MR) is 69.6 cm³/mol. The lowest BCUT2D eigenvalue weighted by Crippen LogP contribution is -2.48. The van der Waals surface area contributed by atoms with Gasteiger partial charge in [-0.05, 0) is 13.8 Å². The van der Waals surface area contributed by atoms with Crippen LogP contribution in [0.25, 0.3) is 0 Å². The highest BCUT2D eigenvalue weighted by Gasteiger charge is 2.29. The fourth-order valence-corrected chi connectivity index (χ4v) is 3.96. The Hall–Kier alpha value is 0.0800. The van der Waals surface area contributed by atoms with E-state index in [0.717, 1.165) is 0 Å². The van der Waals surface area contributed by atoms with Crippen molar-refractivity contribution < 1.29 is 8.42 Å². The van der Waals surface area contributed by atoms with Crippen LogP contribution in [0, 0.1) is 6.92 Å². The van der Waals surface area contributed by atoms with Crippen LogP contribution in [0.2, 0.25) is 0 Å². The molecule has 92 valence electrons. The van der Waals surface area contributed by atoms with Gasteiger partial charge in [-0.3, -0.25) is 0 Å². The fraction of sp³-hybridized carbons (Fsp3) is 0.625. The van der Waals surface area contributed by atoms with Gasteiger partial charge < -0.3 is 4.98 Å². The van der Waals surface area contributed by atoms with E-state index in [9.17, 15) is 8.42 Å². The van der Waals surface area contributed by atoms with Gasteiger partial charge in [-0.1, -0.05) is 31.9 Å². The molecule has 0 saturated carbocycles. The van der Waals surface area contributed by atoms with Crippen LogP contribution in [-0.4, -0.2) is 34.6 Å². The first-order valence-corrected chi connectivity index (χ1v) is 8.23. The quantitative estimate of drug-likeness (QED) is 0.767. The Morgan fingerprint density at radius 2 is 2.06 bits per heavy atom. The second kappa shape index (κ2) is 5.16. The second-order valence-corrected chi connectivity index (χ2v) is 6.54. The molecule has 1 aromatic heterocycles. The molecule has 0 bridgehead atoms. The highest BCUT2D eigenvalue weighted by molar-refractivity contribution is 9.09. The summed E-state index contributed by atoms with van der Waals surface area (Å²) in [6.45, 7) is 3.50.